The first-order valence-electron chi connectivity index (χ1n) is 9.30. The lowest BCUT2D eigenvalue weighted by Crippen LogP contribution is -2.01. The predicted octanol–water partition coefficient (Wildman–Crippen LogP) is 4.18. The Balaban J connectivity index is 1.64. The molecule has 0 saturated carbocycles. The van der Waals surface area contributed by atoms with E-state index in [0.717, 1.165) is 0 Å². The van der Waals surface area contributed by atoms with Crippen molar-refractivity contribution in [1.82, 2.24) is 10.1 Å². The Kier molecular flexibility index (Phi) is 7.56. The van der Waals surface area contributed by atoms with Crippen molar-refractivity contribution in [3.63, 3.8) is 0 Å². The van der Waals surface area contributed by atoms with Crippen LogP contribution in [-0.4, -0.2) is 44.5 Å². The van der Waals surface area contributed by atoms with Crippen molar-refractivity contribution in [2.24, 2.45) is 0 Å². The van der Waals surface area contributed by atoms with Crippen LogP contribution in [0.3, 0.4) is 0 Å². The van der Waals surface area contributed by atoms with Crippen molar-refractivity contribution in [3.8, 4) is 34.4 Å². The molecule has 0 spiro atoms. The smallest absolute Gasteiger partial charge is 0.331 e. The summed E-state index contributed by atoms with van der Waals surface area (Å²) in [4.78, 5) is 16.3. The number of hydrogen-bond acceptors (Lipinski definition) is 9. The molecule has 0 atom stereocenters. The average molecular weight is 461 g/mol. The Labute approximate surface area is 189 Å². The first kappa shape index (κ1) is 23.0. The zero-order valence-corrected chi connectivity index (χ0v) is 18.6. The fourth-order valence-electron chi connectivity index (χ4n) is 2.79. The maximum atomic E-state index is 12.1. The molecule has 168 valence electrons. The molecule has 1 aromatic heterocycles. The van der Waals surface area contributed by atoms with Crippen LogP contribution < -0.4 is 18.9 Å². The van der Waals surface area contributed by atoms with Gasteiger partial charge < -0.3 is 28.2 Å². The summed E-state index contributed by atoms with van der Waals surface area (Å²) in [6, 6.07) is 8.52. The number of hydrogen-bond donors (Lipinski definition) is 0. The van der Waals surface area contributed by atoms with Crippen LogP contribution in [0.25, 0.3) is 17.5 Å². The van der Waals surface area contributed by atoms with E-state index in [1.165, 1.54) is 33.5 Å². The van der Waals surface area contributed by atoms with Crippen LogP contribution in [0.2, 0.25) is 5.02 Å². The first-order valence-corrected chi connectivity index (χ1v) is 9.68. The SMILES string of the molecule is COc1ccc(-c2noc(COC(=O)/C=C/c3cc(Cl)c(OC)c(OC)c3)n2)c(OC)c1. The molecule has 0 saturated heterocycles. The van der Waals surface area contributed by atoms with Crippen LogP contribution in [-0.2, 0) is 16.1 Å². The third-order valence-corrected chi connectivity index (χ3v) is 4.60. The highest BCUT2D eigenvalue weighted by Crippen LogP contribution is 2.36. The molecule has 9 nitrogen and oxygen atoms in total. The van der Waals surface area contributed by atoms with Gasteiger partial charge in [0.2, 0.25) is 5.82 Å². The summed E-state index contributed by atoms with van der Waals surface area (Å²) in [5, 5.41) is 4.26. The summed E-state index contributed by atoms with van der Waals surface area (Å²) >= 11 is 6.16. The average Bonchev–Trinajstić information content (AvgIpc) is 3.29. The molecular formula is C22H21ClN2O7. The molecule has 3 rings (SSSR count). The van der Waals surface area contributed by atoms with Gasteiger partial charge in [0.1, 0.15) is 11.5 Å². The normalized spacial score (nSPS) is 10.8. The van der Waals surface area contributed by atoms with Crippen molar-refractivity contribution in [3.05, 3.63) is 52.9 Å². The van der Waals surface area contributed by atoms with Gasteiger partial charge in [0.15, 0.2) is 18.1 Å². The largest absolute Gasteiger partial charge is 0.497 e. The Hall–Kier alpha value is -3.72. The highest BCUT2D eigenvalue weighted by molar-refractivity contribution is 6.32. The van der Waals surface area contributed by atoms with E-state index in [4.69, 9.17) is 39.8 Å². The molecule has 0 aliphatic rings. The summed E-state index contributed by atoms with van der Waals surface area (Å²) < 4.78 is 31.3. The van der Waals surface area contributed by atoms with E-state index in [9.17, 15) is 4.79 Å². The minimum atomic E-state index is -0.599. The Morgan fingerprint density at radius 2 is 1.81 bits per heavy atom. The van der Waals surface area contributed by atoms with Crippen molar-refractivity contribution < 1.29 is 33.0 Å². The van der Waals surface area contributed by atoms with E-state index < -0.39 is 5.97 Å². The quantitative estimate of drug-likeness (QED) is 0.343. The predicted molar refractivity (Wildman–Crippen MR) is 116 cm³/mol. The highest BCUT2D eigenvalue weighted by Gasteiger charge is 2.15. The van der Waals surface area contributed by atoms with E-state index in [1.54, 1.807) is 37.4 Å². The van der Waals surface area contributed by atoms with E-state index in [-0.39, 0.29) is 12.5 Å². The summed E-state index contributed by atoms with van der Waals surface area (Å²) in [5.74, 6) is 1.84. The second-order valence-corrected chi connectivity index (χ2v) is 6.66. The molecular weight excluding hydrogens is 440 g/mol. The van der Waals surface area contributed by atoms with Gasteiger partial charge in [-0.3, -0.25) is 0 Å². The van der Waals surface area contributed by atoms with Gasteiger partial charge >= 0.3 is 5.97 Å². The van der Waals surface area contributed by atoms with Crippen molar-refractivity contribution in [1.29, 1.82) is 0 Å². The molecule has 2 aromatic carbocycles. The summed E-state index contributed by atoms with van der Waals surface area (Å²) in [7, 11) is 6.07. The molecule has 10 heteroatoms. The van der Waals surface area contributed by atoms with E-state index in [1.807, 2.05) is 0 Å². The van der Waals surface area contributed by atoms with Crippen LogP contribution in [0.1, 0.15) is 11.5 Å². The third kappa shape index (κ3) is 5.30. The molecule has 0 unspecified atom stereocenters. The fraction of sp³-hybridized carbons (Fsp3) is 0.227. The Bertz CT molecular complexity index is 1130. The van der Waals surface area contributed by atoms with Gasteiger partial charge in [-0.05, 0) is 35.9 Å². The number of carbonyl (C=O) groups excluding carboxylic acids is 1. The number of benzene rings is 2. The number of halogens is 1. The van der Waals surface area contributed by atoms with Crippen LogP contribution in [0.5, 0.6) is 23.0 Å². The number of esters is 1. The molecule has 0 N–H and O–H groups in total. The Morgan fingerprint density at radius 1 is 1.03 bits per heavy atom. The molecule has 3 aromatic rings. The number of ether oxygens (including phenoxy) is 5. The van der Waals surface area contributed by atoms with Crippen molar-refractivity contribution >= 4 is 23.6 Å². The van der Waals surface area contributed by atoms with E-state index in [0.29, 0.717) is 45.0 Å². The van der Waals surface area contributed by atoms with Crippen LogP contribution >= 0.6 is 11.6 Å². The lowest BCUT2D eigenvalue weighted by atomic mass is 10.2. The number of nitrogens with zero attached hydrogens (tertiary/aromatic N) is 2. The number of methoxy groups -OCH3 is 4. The third-order valence-electron chi connectivity index (χ3n) is 4.32. The van der Waals surface area contributed by atoms with Gasteiger partial charge in [-0.1, -0.05) is 16.8 Å². The standard InChI is InChI=1S/C22H21ClN2O7/c1-27-14-6-7-15(17(11-14)28-2)22-24-19(32-25-22)12-31-20(26)8-5-13-9-16(23)21(30-4)18(10-13)29-3/h5-11H,12H2,1-4H3/b8-5+. The molecule has 0 amide bonds. The van der Waals surface area contributed by atoms with Crippen LogP contribution in [0.15, 0.2) is 40.9 Å². The first-order chi connectivity index (χ1) is 15.5. The van der Waals surface area contributed by atoms with Gasteiger partial charge in [0, 0.05) is 12.1 Å². The molecule has 0 bridgehead atoms. The minimum Gasteiger partial charge on any atom is -0.497 e. The van der Waals surface area contributed by atoms with Gasteiger partial charge in [0.05, 0.1) is 39.0 Å². The van der Waals surface area contributed by atoms with Crippen LogP contribution in [0.4, 0.5) is 0 Å². The van der Waals surface area contributed by atoms with Crippen molar-refractivity contribution in [2.75, 3.05) is 28.4 Å². The summed E-state index contributed by atoms with van der Waals surface area (Å²) in [6.07, 6.45) is 2.79. The van der Waals surface area contributed by atoms with Crippen LogP contribution in [0, 0.1) is 0 Å². The number of aromatic nitrogens is 2. The lowest BCUT2D eigenvalue weighted by Gasteiger charge is -2.10. The molecule has 0 aliphatic carbocycles. The van der Waals surface area contributed by atoms with Gasteiger partial charge in [-0.25, -0.2) is 4.79 Å². The highest BCUT2D eigenvalue weighted by atomic mass is 35.5. The number of rotatable bonds is 9. The minimum absolute atomic E-state index is 0.133. The van der Waals surface area contributed by atoms with E-state index >= 15 is 0 Å². The lowest BCUT2D eigenvalue weighted by molar-refractivity contribution is -0.139. The Morgan fingerprint density at radius 3 is 2.50 bits per heavy atom. The molecule has 32 heavy (non-hydrogen) atoms. The summed E-state index contributed by atoms with van der Waals surface area (Å²) in [5.41, 5.74) is 1.25. The molecule has 0 radical (unpaired) electrons. The zero-order chi connectivity index (χ0) is 23.1. The van der Waals surface area contributed by atoms with Gasteiger partial charge in [-0.2, -0.15) is 4.98 Å². The van der Waals surface area contributed by atoms with Gasteiger partial charge in [0.25, 0.3) is 5.89 Å². The zero-order valence-electron chi connectivity index (χ0n) is 17.9. The second-order valence-electron chi connectivity index (χ2n) is 6.26. The topological polar surface area (TPSA) is 102 Å². The fourth-order valence-corrected chi connectivity index (χ4v) is 3.08. The van der Waals surface area contributed by atoms with Crippen molar-refractivity contribution in [2.45, 2.75) is 6.61 Å². The molecule has 0 aliphatic heterocycles. The monoisotopic (exact) mass is 460 g/mol. The maximum absolute atomic E-state index is 12.1. The second kappa shape index (κ2) is 10.5. The van der Waals surface area contributed by atoms with E-state index in [2.05, 4.69) is 10.1 Å². The maximum Gasteiger partial charge on any atom is 0.331 e. The number of carbonyl (C=O) groups is 1. The molecule has 0 fully saturated rings. The molecule has 1 heterocycles. The van der Waals surface area contributed by atoms with Gasteiger partial charge in [-0.15, -0.1) is 0 Å². The summed E-state index contributed by atoms with van der Waals surface area (Å²) in [6.45, 7) is -0.193.